The van der Waals surface area contributed by atoms with Gasteiger partial charge in [-0.15, -0.1) is 0 Å². The largest absolute Gasteiger partial charge is 0.459 e. The van der Waals surface area contributed by atoms with E-state index < -0.39 is 11.2 Å². The summed E-state index contributed by atoms with van der Waals surface area (Å²) in [6.45, 7) is 3.47. The van der Waals surface area contributed by atoms with Crippen molar-refractivity contribution in [2.24, 2.45) is 14.1 Å². The number of furan rings is 1. The molecule has 1 aliphatic heterocycles. The van der Waals surface area contributed by atoms with Crippen LogP contribution in [0, 0.1) is 12.7 Å². The SMILES string of the molecule is Cc1cccc(Cn2c(N3CCN(C(=O)c4ccco4)CC3)nc3c2c(=O)n(C)c(=O)n3C)c1F. The van der Waals surface area contributed by atoms with Crippen LogP contribution in [0.3, 0.4) is 0 Å². The molecule has 0 spiro atoms. The zero-order valence-electron chi connectivity index (χ0n) is 19.7. The number of hydrogen-bond acceptors (Lipinski definition) is 6. The molecule has 0 bridgehead atoms. The maximum Gasteiger partial charge on any atom is 0.332 e. The third-order valence-corrected chi connectivity index (χ3v) is 6.51. The Morgan fingerprint density at radius 3 is 2.49 bits per heavy atom. The topological polar surface area (TPSA) is 98.5 Å². The van der Waals surface area contributed by atoms with E-state index >= 15 is 0 Å². The highest BCUT2D eigenvalue weighted by Gasteiger charge is 2.28. The molecular weight excluding hydrogens is 455 g/mol. The van der Waals surface area contributed by atoms with Crippen molar-refractivity contribution in [1.82, 2.24) is 23.6 Å². The van der Waals surface area contributed by atoms with E-state index in [4.69, 9.17) is 4.42 Å². The quantitative estimate of drug-likeness (QED) is 0.439. The van der Waals surface area contributed by atoms with E-state index in [2.05, 4.69) is 4.98 Å². The number of benzene rings is 1. The van der Waals surface area contributed by atoms with Crippen molar-refractivity contribution in [2.75, 3.05) is 31.1 Å². The first-order valence-corrected chi connectivity index (χ1v) is 11.3. The fourth-order valence-corrected chi connectivity index (χ4v) is 4.49. The van der Waals surface area contributed by atoms with Crippen LogP contribution in [0.25, 0.3) is 11.2 Å². The van der Waals surface area contributed by atoms with Crippen LogP contribution in [0.4, 0.5) is 10.3 Å². The number of piperazine rings is 1. The standard InChI is InChI=1S/C24H25FN6O4/c1-15-6-4-7-16(18(15)25)14-31-19-20(27(2)24(34)28(3)22(19)33)26-23(31)30-11-9-29(10-12-30)21(32)17-8-5-13-35-17/h4-8,13H,9-12,14H2,1-3H3. The van der Waals surface area contributed by atoms with Gasteiger partial charge in [0.2, 0.25) is 5.95 Å². The molecule has 1 saturated heterocycles. The lowest BCUT2D eigenvalue weighted by atomic mass is 10.1. The Balaban J connectivity index is 1.57. The summed E-state index contributed by atoms with van der Waals surface area (Å²) in [5.74, 6) is 0.181. The first kappa shape index (κ1) is 22.6. The highest BCUT2D eigenvalue weighted by Crippen LogP contribution is 2.24. The zero-order valence-corrected chi connectivity index (χ0v) is 19.7. The second kappa shape index (κ2) is 8.57. The first-order valence-electron chi connectivity index (χ1n) is 11.3. The number of nitrogens with zero attached hydrogens (tertiary/aromatic N) is 6. The van der Waals surface area contributed by atoms with Gasteiger partial charge in [-0.1, -0.05) is 18.2 Å². The molecule has 4 aromatic rings. The monoisotopic (exact) mass is 480 g/mol. The number of halogens is 1. The van der Waals surface area contributed by atoms with E-state index in [-0.39, 0.29) is 35.2 Å². The molecule has 35 heavy (non-hydrogen) atoms. The Morgan fingerprint density at radius 1 is 1.06 bits per heavy atom. The van der Waals surface area contributed by atoms with E-state index in [0.717, 1.165) is 4.57 Å². The second-order valence-corrected chi connectivity index (χ2v) is 8.68. The minimum Gasteiger partial charge on any atom is -0.459 e. The van der Waals surface area contributed by atoms with E-state index in [0.29, 0.717) is 43.3 Å². The number of rotatable bonds is 4. The van der Waals surface area contributed by atoms with Gasteiger partial charge in [0.05, 0.1) is 12.8 Å². The molecule has 0 radical (unpaired) electrons. The molecule has 0 unspecified atom stereocenters. The molecule has 1 aromatic carbocycles. The van der Waals surface area contributed by atoms with Gasteiger partial charge in [0.1, 0.15) is 5.82 Å². The predicted octanol–water partition coefficient (Wildman–Crippen LogP) is 1.48. The summed E-state index contributed by atoms with van der Waals surface area (Å²) in [6.07, 6.45) is 1.46. The van der Waals surface area contributed by atoms with Crippen molar-refractivity contribution >= 4 is 23.0 Å². The van der Waals surface area contributed by atoms with Gasteiger partial charge in [0, 0.05) is 45.8 Å². The van der Waals surface area contributed by atoms with Crippen LogP contribution in [0.2, 0.25) is 0 Å². The summed E-state index contributed by atoms with van der Waals surface area (Å²) < 4.78 is 24.2. The van der Waals surface area contributed by atoms with Crippen LogP contribution in [0.5, 0.6) is 0 Å². The molecule has 5 rings (SSSR count). The summed E-state index contributed by atoms with van der Waals surface area (Å²) >= 11 is 0. The first-order chi connectivity index (χ1) is 16.8. The number of aromatic nitrogens is 4. The van der Waals surface area contributed by atoms with Crippen LogP contribution in [0.1, 0.15) is 21.7 Å². The molecule has 3 aromatic heterocycles. The van der Waals surface area contributed by atoms with E-state index in [9.17, 15) is 18.8 Å². The lowest BCUT2D eigenvalue weighted by molar-refractivity contribution is 0.0714. The summed E-state index contributed by atoms with van der Waals surface area (Å²) in [4.78, 5) is 46.6. The van der Waals surface area contributed by atoms with Crippen molar-refractivity contribution in [2.45, 2.75) is 13.5 Å². The van der Waals surface area contributed by atoms with Crippen molar-refractivity contribution in [3.8, 4) is 0 Å². The Hall–Kier alpha value is -4.15. The van der Waals surface area contributed by atoms with E-state index in [1.807, 2.05) is 4.90 Å². The van der Waals surface area contributed by atoms with Crippen molar-refractivity contribution in [3.63, 3.8) is 0 Å². The number of amides is 1. The molecule has 182 valence electrons. The van der Waals surface area contributed by atoms with Crippen molar-refractivity contribution in [1.29, 1.82) is 0 Å². The molecule has 1 amide bonds. The smallest absolute Gasteiger partial charge is 0.332 e. The predicted molar refractivity (Wildman–Crippen MR) is 127 cm³/mol. The fourth-order valence-electron chi connectivity index (χ4n) is 4.49. The van der Waals surface area contributed by atoms with E-state index in [1.54, 1.807) is 53.8 Å². The maximum atomic E-state index is 14.9. The van der Waals surface area contributed by atoms with Gasteiger partial charge in [-0.05, 0) is 24.6 Å². The highest BCUT2D eigenvalue weighted by molar-refractivity contribution is 5.91. The zero-order chi connectivity index (χ0) is 24.9. The van der Waals surface area contributed by atoms with Crippen LogP contribution < -0.4 is 16.1 Å². The van der Waals surface area contributed by atoms with Crippen LogP contribution in [0.15, 0.2) is 50.6 Å². The maximum absolute atomic E-state index is 14.9. The molecule has 1 aliphatic rings. The van der Waals surface area contributed by atoms with Gasteiger partial charge >= 0.3 is 5.69 Å². The number of imidazole rings is 1. The number of hydrogen-bond donors (Lipinski definition) is 0. The highest BCUT2D eigenvalue weighted by atomic mass is 19.1. The molecule has 4 heterocycles. The summed E-state index contributed by atoms with van der Waals surface area (Å²) in [5.41, 5.74) is 0.373. The lowest BCUT2D eigenvalue weighted by Gasteiger charge is -2.35. The van der Waals surface area contributed by atoms with Crippen molar-refractivity contribution < 1.29 is 13.6 Å². The second-order valence-electron chi connectivity index (χ2n) is 8.68. The molecule has 0 saturated carbocycles. The van der Waals surface area contributed by atoms with Crippen molar-refractivity contribution in [3.05, 3.63) is 80.1 Å². The summed E-state index contributed by atoms with van der Waals surface area (Å²) in [6, 6.07) is 8.41. The number of anilines is 1. The summed E-state index contributed by atoms with van der Waals surface area (Å²) in [5, 5.41) is 0. The Labute approximate surface area is 199 Å². The molecule has 1 fully saturated rings. The van der Waals surface area contributed by atoms with Crippen LogP contribution in [-0.2, 0) is 20.6 Å². The average Bonchev–Trinajstić information content (AvgIpc) is 3.53. The Morgan fingerprint density at radius 2 is 1.80 bits per heavy atom. The number of carbonyl (C=O) groups is 1. The summed E-state index contributed by atoms with van der Waals surface area (Å²) in [7, 11) is 2.96. The number of aryl methyl sites for hydroxylation is 2. The molecule has 0 atom stereocenters. The molecule has 10 nitrogen and oxygen atoms in total. The molecule has 0 aliphatic carbocycles. The van der Waals surface area contributed by atoms with Crippen LogP contribution >= 0.6 is 0 Å². The van der Waals surface area contributed by atoms with E-state index in [1.165, 1.54) is 17.9 Å². The van der Waals surface area contributed by atoms with Gasteiger partial charge < -0.3 is 14.2 Å². The van der Waals surface area contributed by atoms with Gasteiger partial charge in [0.25, 0.3) is 11.5 Å². The average molecular weight is 481 g/mol. The Bertz CT molecular complexity index is 1540. The van der Waals surface area contributed by atoms with Gasteiger partial charge in [-0.25, -0.2) is 9.18 Å². The third kappa shape index (κ3) is 3.72. The molecule has 0 N–H and O–H groups in total. The minimum absolute atomic E-state index is 0.0678. The van der Waals surface area contributed by atoms with Gasteiger partial charge in [0.15, 0.2) is 16.9 Å². The van der Waals surface area contributed by atoms with Gasteiger partial charge in [-0.2, -0.15) is 4.98 Å². The minimum atomic E-state index is -0.499. The fraction of sp³-hybridized carbons (Fsp3) is 0.333. The van der Waals surface area contributed by atoms with Crippen LogP contribution in [-0.4, -0.2) is 55.7 Å². The van der Waals surface area contributed by atoms with Gasteiger partial charge in [-0.3, -0.25) is 23.3 Å². The Kier molecular flexibility index (Phi) is 5.54. The normalized spacial score (nSPS) is 14.2. The number of fused-ring (bicyclic) bond motifs is 1. The third-order valence-electron chi connectivity index (χ3n) is 6.51. The lowest BCUT2D eigenvalue weighted by Crippen LogP contribution is -2.49. The molecule has 11 heteroatoms. The number of carbonyl (C=O) groups excluding carboxylic acids is 1. The molecular formula is C24H25FN6O4.